The Labute approximate surface area is 122 Å². The van der Waals surface area contributed by atoms with Crippen LogP contribution in [0.2, 0.25) is 0 Å². The lowest BCUT2D eigenvalue weighted by molar-refractivity contribution is -0.138. The number of fused-ring (bicyclic) bond motifs is 1. The Balaban J connectivity index is 1.95. The van der Waals surface area contributed by atoms with Crippen LogP contribution >= 0.6 is 0 Å². The van der Waals surface area contributed by atoms with Gasteiger partial charge in [-0.1, -0.05) is 0 Å². The lowest BCUT2D eigenvalue weighted by atomic mass is 10.1. The Morgan fingerprint density at radius 1 is 1.33 bits per heavy atom. The zero-order chi connectivity index (χ0) is 15.8. The molecule has 21 heavy (non-hydrogen) atoms. The molecular formula is C13H20N2O6. The van der Waals surface area contributed by atoms with Crippen molar-refractivity contribution in [1.82, 2.24) is 10.2 Å². The molecule has 2 fully saturated rings. The predicted octanol–water partition coefficient (Wildman–Crippen LogP) is 1.30. The summed E-state index contributed by atoms with van der Waals surface area (Å²) >= 11 is 0. The molecule has 2 saturated heterocycles. The van der Waals surface area contributed by atoms with Gasteiger partial charge in [0.05, 0.1) is 0 Å². The number of nitrogens with zero attached hydrogens (tertiary/aromatic N) is 1. The normalized spacial score (nSPS) is 28.2. The van der Waals surface area contributed by atoms with Gasteiger partial charge in [-0.3, -0.25) is 4.79 Å². The van der Waals surface area contributed by atoms with E-state index in [0.717, 1.165) is 0 Å². The number of hydrogen-bond acceptors (Lipinski definition) is 5. The van der Waals surface area contributed by atoms with Crippen LogP contribution in [0.3, 0.4) is 0 Å². The second-order valence-corrected chi connectivity index (χ2v) is 6.25. The highest BCUT2D eigenvalue weighted by molar-refractivity contribution is 5.88. The van der Waals surface area contributed by atoms with Gasteiger partial charge in [0.2, 0.25) is 5.91 Å². The van der Waals surface area contributed by atoms with Gasteiger partial charge in [-0.15, -0.1) is 0 Å². The zero-order valence-corrected chi connectivity index (χ0v) is 12.3. The second kappa shape index (κ2) is 5.42. The smallest absolute Gasteiger partial charge is 0.450 e. The number of amides is 2. The first-order chi connectivity index (χ1) is 9.67. The van der Waals surface area contributed by atoms with Crippen molar-refractivity contribution in [1.29, 1.82) is 0 Å². The van der Waals surface area contributed by atoms with Crippen LogP contribution < -0.4 is 5.32 Å². The SMILES string of the molecule is CC(C)(C)OC(=O)NC1C[C@@H]2CC[C@H](OC(=O)O)N2C1=O. The first kappa shape index (κ1) is 15.4. The molecule has 0 radical (unpaired) electrons. The number of ether oxygens (including phenoxy) is 2. The van der Waals surface area contributed by atoms with Crippen LogP contribution in [-0.4, -0.2) is 52.1 Å². The molecule has 2 rings (SSSR count). The summed E-state index contributed by atoms with van der Waals surface area (Å²) in [5, 5.41) is 11.2. The second-order valence-electron chi connectivity index (χ2n) is 6.25. The van der Waals surface area contributed by atoms with E-state index >= 15 is 0 Å². The van der Waals surface area contributed by atoms with Crippen molar-refractivity contribution in [2.45, 2.75) is 63.9 Å². The summed E-state index contributed by atoms with van der Waals surface area (Å²) < 4.78 is 9.82. The van der Waals surface area contributed by atoms with Crippen LogP contribution in [0.5, 0.6) is 0 Å². The zero-order valence-electron chi connectivity index (χ0n) is 12.3. The molecule has 0 saturated carbocycles. The molecule has 3 atom stereocenters. The number of hydrogen-bond donors (Lipinski definition) is 2. The summed E-state index contributed by atoms with van der Waals surface area (Å²) in [7, 11) is 0. The number of carbonyl (C=O) groups excluding carboxylic acids is 2. The molecule has 0 spiro atoms. The Hall–Kier alpha value is -1.99. The van der Waals surface area contributed by atoms with Gasteiger partial charge in [0.15, 0.2) is 6.23 Å². The van der Waals surface area contributed by atoms with Crippen molar-refractivity contribution in [3.63, 3.8) is 0 Å². The molecule has 0 aromatic rings. The number of alkyl carbamates (subject to hydrolysis) is 1. The summed E-state index contributed by atoms with van der Waals surface area (Å²) in [6.07, 6.45) is -1.23. The molecular weight excluding hydrogens is 280 g/mol. The highest BCUT2D eigenvalue weighted by atomic mass is 16.7. The Bertz CT molecular complexity index is 458. The maximum Gasteiger partial charge on any atom is 0.507 e. The quantitative estimate of drug-likeness (QED) is 0.745. The van der Waals surface area contributed by atoms with Crippen molar-refractivity contribution in [2.24, 2.45) is 0 Å². The molecule has 1 unspecified atom stereocenters. The van der Waals surface area contributed by atoms with E-state index in [4.69, 9.17) is 14.6 Å². The maximum atomic E-state index is 12.3. The number of nitrogens with one attached hydrogen (secondary N) is 1. The fraction of sp³-hybridized carbons (Fsp3) is 0.769. The lowest BCUT2D eigenvalue weighted by Gasteiger charge is -2.24. The molecule has 8 heteroatoms. The lowest BCUT2D eigenvalue weighted by Crippen LogP contribution is -2.46. The Kier molecular flexibility index (Phi) is 3.97. The molecule has 2 aliphatic rings. The molecule has 0 aliphatic carbocycles. The van der Waals surface area contributed by atoms with E-state index in [9.17, 15) is 14.4 Å². The molecule has 2 heterocycles. The third kappa shape index (κ3) is 3.56. The van der Waals surface area contributed by atoms with Gasteiger partial charge < -0.3 is 24.8 Å². The monoisotopic (exact) mass is 300 g/mol. The number of rotatable bonds is 2. The van der Waals surface area contributed by atoms with Crippen molar-refractivity contribution < 1.29 is 29.0 Å². The van der Waals surface area contributed by atoms with Gasteiger partial charge in [0, 0.05) is 12.5 Å². The van der Waals surface area contributed by atoms with Crippen LogP contribution in [0.15, 0.2) is 0 Å². The largest absolute Gasteiger partial charge is 0.507 e. The van der Waals surface area contributed by atoms with E-state index in [2.05, 4.69) is 5.32 Å². The molecule has 2 amide bonds. The highest BCUT2D eigenvalue weighted by Gasteiger charge is 2.49. The first-order valence-electron chi connectivity index (χ1n) is 6.88. The fourth-order valence-electron chi connectivity index (χ4n) is 2.76. The van der Waals surface area contributed by atoms with E-state index < -0.39 is 30.1 Å². The van der Waals surface area contributed by atoms with Crippen LogP contribution in [0.4, 0.5) is 9.59 Å². The van der Waals surface area contributed by atoms with Gasteiger partial charge in [-0.2, -0.15) is 0 Å². The molecule has 2 N–H and O–H groups in total. The van der Waals surface area contributed by atoms with E-state index in [1.807, 2.05) is 0 Å². The van der Waals surface area contributed by atoms with E-state index in [1.165, 1.54) is 4.90 Å². The third-order valence-electron chi connectivity index (χ3n) is 3.44. The van der Waals surface area contributed by atoms with Crippen LogP contribution in [-0.2, 0) is 14.3 Å². The van der Waals surface area contributed by atoms with E-state index in [-0.39, 0.29) is 11.9 Å². The van der Waals surface area contributed by atoms with Crippen LogP contribution in [0.25, 0.3) is 0 Å². The topological polar surface area (TPSA) is 105 Å². The van der Waals surface area contributed by atoms with Gasteiger partial charge in [0.1, 0.15) is 11.6 Å². The summed E-state index contributed by atoms with van der Waals surface area (Å²) in [4.78, 5) is 36.0. The summed E-state index contributed by atoms with van der Waals surface area (Å²) in [6, 6.07) is -0.785. The fourth-order valence-corrected chi connectivity index (χ4v) is 2.76. The third-order valence-corrected chi connectivity index (χ3v) is 3.44. The number of carboxylic acid groups (broad SMARTS) is 1. The number of carbonyl (C=O) groups is 3. The molecule has 118 valence electrons. The minimum Gasteiger partial charge on any atom is -0.450 e. The van der Waals surface area contributed by atoms with Crippen LogP contribution in [0.1, 0.15) is 40.0 Å². The molecule has 0 bridgehead atoms. The van der Waals surface area contributed by atoms with E-state index in [0.29, 0.717) is 19.3 Å². The standard InChI is InChI=1S/C13H20N2O6/c1-13(2,3)21-11(17)14-8-6-7-4-5-9(20-12(18)19)15(7)10(8)16/h7-9H,4-6H2,1-3H3,(H,14,17)(H,18,19)/t7-,8?,9-/m0/s1. The van der Waals surface area contributed by atoms with Crippen LogP contribution in [0, 0.1) is 0 Å². The van der Waals surface area contributed by atoms with Crippen molar-refractivity contribution in [3.05, 3.63) is 0 Å². The molecule has 8 nitrogen and oxygen atoms in total. The maximum absolute atomic E-state index is 12.3. The van der Waals surface area contributed by atoms with Gasteiger partial charge in [0.25, 0.3) is 0 Å². The summed E-state index contributed by atoms with van der Waals surface area (Å²) in [6.45, 7) is 5.20. The Morgan fingerprint density at radius 3 is 2.57 bits per heavy atom. The average Bonchev–Trinajstić information content (AvgIpc) is 2.79. The van der Waals surface area contributed by atoms with Crippen molar-refractivity contribution in [2.75, 3.05) is 0 Å². The summed E-state index contributed by atoms with van der Waals surface area (Å²) in [5.41, 5.74) is -0.642. The van der Waals surface area contributed by atoms with Crippen molar-refractivity contribution >= 4 is 18.2 Å². The molecule has 2 aliphatic heterocycles. The summed E-state index contributed by atoms with van der Waals surface area (Å²) in [5.74, 6) is -0.324. The molecule has 0 aromatic carbocycles. The molecule has 0 aromatic heterocycles. The van der Waals surface area contributed by atoms with E-state index in [1.54, 1.807) is 20.8 Å². The first-order valence-corrected chi connectivity index (χ1v) is 6.88. The average molecular weight is 300 g/mol. The predicted molar refractivity (Wildman–Crippen MR) is 70.5 cm³/mol. The van der Waals surface area contributed by atoms with Crippen molar-refractivity contribution in [3.8, 4) is 0 Å². The van der Waals surface area contributed by atoms with Gasteiger partial charge in [-0.05, 0) is 33.6 Å². The Morgan fingerprint density at radius 2 is 2.00 bits per heavy atom. The minimum atomic E-state index is -1.41. The van der Waals surface area contributed by atoms with Gasteiger partial charge >= 0.3 is 12.2 Å². The minimum absolute atomic E-state index is 0.0956. The highest BCUT2D eigenvalue weighted by Crippen LogP contribution is 2.34. The van der Waals surface area contributed by atoms with Gasteiger partial charge in [-0.25, -0.2) is 9.59 Å².